The molecular formula is C19H27NO6. The fourth-order valence-corrected chi connectivity index (χ4v) is 3.17. The van der Waals surface area contributed by atoms with Gasteiger partial charge in [-0.25, -0.2) is 0 Å². The van der Waals surface area contributed by atoms with E-state index in [-0.39, 0.29) is 29.9 Å². The molecule has 7 nitrogen and oxygen atoms in total. The van der Waals surface area contributed by atoms with E-state index in [1.165, 1.54) is 12.1 Å². The van der Waals surface area contributed by atoms with Crippen LogP contribution in [-0.4, -0.2) is 51.2 Å². The first-order valence-corrected chi connectivity index (χ1v) is 8.79. The van der Waals surface area contributed by atoms with Crippen LogP contribution in [0.25, 0.3) is 0 Å². The van der Waals surface area contributed by atoms with Crippen molar-refractivity contribution < 1.29 is 30.0 Å². The molecule has 5 N–H and O–H groups in total. The molecular weight excluding hydrogens is 338 g/mol. The zero-order chi connectivity index (χ0) is 19.2. The Kier molecular flexibility index (Phi) is 6.88. The van der Waals surface area contributed by atoms with Gasteiger partial charge in [0.05, 0.1) is 19.0 Å². The Morgan fingerprint density at radius 2 is 2.15 bits per heavy atom. The van der Waals surface area contributed by atoms with Crippen LogP contribution in [0.15, 0.2) is 30.5 Å². The first-order chi connectivity index (χ1) is 12.4. The van der Waals surface area contributed by atoms with Crippen LogP contribution in [0, 0.1) is 5.92 Å². The number of benzene rings is 1. The third-order valence-electron chi connectivity index (χ3n) is 4.69. The summed E-state index contributed by atoms with van der Waals surface area (Å²) in [4.78, 5) is 12.4. The quantitative estimate of drug-likeness (QED) is 0.449. The minimum Gasteiger partial charge on any atom is -0.508 e. The predicted molar refractivity (Wildman–Crippen MR) is 95.5 cm³/mol. The Balaban J connectivity index is 2.08. The van der Waals surface area contributed by atoms with Gasteiger partial charge >= 0.3 is 0 Å². The van der Waals surface area contributed by atoms with Crippen molar-refractivity contribution >= 4 is 5.91 Å². The van der Waals surface area contributed by atoms with Gasteiger partial charge in [-0.3, -0.25) is 4.79 Å². The molecule has 3 atom stereocenters. The summed E-state index contributed by atoms with van der Waals surface area (Å²) in [5.41, 5.74) is -0.0142. The zero-order valence-corrected chi connectivity index (χ0v) is 14.9. The lowest BCUT2D eigenvalue weighted by atomic mass is 9.82. The van der Waals surface area contributed by atoms with Crippen molar-refractivity contribution in [3.8, 4) is 11.5 Å². The summed E-state index contributed by atoms with van der Waals surface area (Å²) in [6.45, 7) is 1.49. The van der Waals surface area contributed by atoms with Crippen molar-refractivity contribution in [3.63, 3.8) is 0 Å². The fourth-order valence-electron chi connectivity index (χ4n) is 3.17. The number of aliphatic hydroxyl groups is 2. The van der Waals surface area contributed by atoms with Crippen molar-refractivity contribution in [2.24, 2.45) is 5.92 Å². The number of carbonyl (C=O) groups excluding carboxylic acids is 1. The van der Waals surface area contributed by atoms with Gasteiger partial charge in [-0.1, -0.05) is 13.0 Å². The number of ether oxygens (including phenoxy) is 1. The molecule has 1 aliphatic heterocycles. The number of aliphatic hydroxyl groups excluding tert-OH is 2. The smallest absolute Gasteiger partial charge is 0.223 e. The largest absolute Gasteiger partial charge is 0.508 e. The highest BCUT2D eigenvalue weighted by Crippen LogP contribution is 2.37. The molecule has 0 aromatic heterocycles. The lowest BCUT2D eigenvalue weighted by Crippen LogP contribution is -2.42. The van der Waals surface area contributed by atoms with Gasteiger partial charge in [0, 0.05) is 31.4 Å². The third-order valence-corrected chi connectivity index (χ3v) is 4.69. The van der Waals surface area contributed by atoms with E-state index in [2.05, 4.69) is 5.32 Å². The number of carbonyl (C=O) groups is 1. The molecule has 0 bridgehead atoms. The van der Waals surface area contributed by atoms with Gasteiger partial charge < -0.3 is 30.5 Å². The Morgan fingerprint density at radius 1 is 1.38 bits per heavy atom. The second-order valence-corrected chi connectivity index (χ2v) is 6.76. The fraction of sp³-hybridized carbons (Fsp3) is 0.526. The molecule has 1 amide bonds. The minimum absolute atomic E-state index is 0.00328. The van der Waals surface area contributed by atoms with Crippen LogP contribution < -0.4 is 5.32 Å². The van der Waals surface area contributed by atoms with Crippen LogP contribution in [0.1, 0.15) is 31.7 Å². The van der Waals surface area contributed by atoms with Gasteiger partial charge in [0.25, 0.3) is 0 Å². The highest BCUT2D eigenvalue weighted by molar-refractivity contribution is 5.78. The van der Waals surface area contributed by atoms with Gasteiger partial charge in [-0.2, -0.15) is 0 Å². The summed E-state index contributed by atoms with van der Waals surface area (Å²) < 4.78 is 5.84. The minimum atomic E-state index is -0.983. The molecule has 0 fully saturated rings. The number of aromatic hydroxyl groups is 2. The number of hydrogen-bond acceptors (Lipinski definition) is 6. The normalized spacial score (nSPS) is 21.2. The summed E-state index contributed by atoms with van der Waals surface area (Å²) in [6, 6.07) is 4.43. The second kappa shape index (κ2) is 8.91. The predicted octanol–water partition coefficient (Wildman–Crippen LogP) is 1.20. The van der Waals surface area contributed by atoms with Crippen molar-refractivity contribution in [1.29, 1.82) is 0 Å². The number of rotatable bonds is 9. The van der Waals surface area contributed by atoms with E-state index >= 15 is 0 Å². The third kappa shape index (κ3) is 5.12. The molecule has 26 heavy (non-hydrogen) atoms. The van der Waals surface area contributed by atoms with E-state index in [1.807, 2.05) is 13.0 Å². The van der Waals surface area contributed by atoms with Crippen LogP contribution in [0.3, 0.4) is 0 Å². The van der Waals surface area contributed by atoms with E-state index in [9.17, 15) is 20.1 Å². The van der Waals surface area contributed by atoms with Gasteiger partial charge in [0.15, 0.2) is 0 Å². The molecule has 2 rings (SSSR count). The van der Waals surface area contributed by atoms with Crippen LogP contribution in [-0.2, 0) is 16.0 Å². The standard InChI is InChI=1S/C19H27NO6/c1-2-13(18(25)20-11-16(23)12-21)9-19(6-3-7-26-19)10-14-4-5-15(22)8-17(14)24/h3-5,7-8,13,16,21-24H,2,6,9-12H2,1H3,(H,20,25). The Bertz CT molecular complexity index is 637. The topological polar surface area (TPSA) is 119 Å². The van der Waals surface area contributed by atoms with Crippen molar-refractivity contribution in [3.05, 3.63) is 36.1 Å². The summed E-state index contributed by atoms with van der Waals surface area (Å²) >= 11 is 0. The van der Waals surface area contributed by atoms with E-state index < -0.39 is 18.3 Å². The van der Waals surface area contributed by atoms with Gasteiger partial charge in [-0.05, 0) is 30.5 Å². The van der Waals surface area contributed by atoms with E-state index in [0.29, 0.717) is 31.2 Å². The lowest BCUT2D eigenvalue weighted by Gasteiger charge is -2.32. The van der Waals surface area contributed by atoms with Gasteiger partial charge in [0.2, 0.25) is 5.91 Å². The second-order valence-electron chi connectivity index (χ2n) is 6.76. The molecule has 1 aromatic rings. The Labute approximate surface area is 152 Å². The molecule has 0 spiro atoms. The Hall–Kier alpha value is -2.25. The van der Waals surface area contributed by atoms with Crippen molar-refractivity contribution in [1.82, 2.24) is 5.32 Å². The summed E-state index contributed by atoms with van der Waals surface area (Å²) in [5.74, 6) is -0.563. The van der Waals surface area contributed by atoms with Crippen LogP contribution in [0.4, 0.5) is 0 Å². The summed E-state index contributed by atoms with van der Waals surface area (Å²) in [5, 5.41) is 40.4. The lowest BCUT2D eigenvalue weighted by molar-refractivity contribution is -0.128. The molecule has 144 valence electrons. The molecule has 1 aliphatic rings. The number of amides is 1. The highest BCUT2D eigenvalue weighted by atomic mass is 16.5. The molecule has 0 radical (unpaired) electrons. The molecule has 1 aromatic carbocycles. The maximum atomic E-state index is 12.4. The molecule has 7 heteroatoms. The molecule has 0 aliphatic carbocycles. The molecule has 1 heterocycles. The van der Waals surface area contributed by atoms with Crippen molar-refractivity contribution in [2.75, 3.05) is 13.2 Å². The average molecular weight is 365 g/mol. The zero-order valence-electron chi connectivity index (χ0n) is 14.9. The van der Waals surface area contributed by atoms with Crippen LogP contribution >= 0.6 is 0 Å². The monoisotopic (exact) mass is 365 g/mol. The van der Waals surface area contributed by atoms with Gasteiger partial charge in [-0.15, -0.1) is 0 Å². The summed E-state index contributed by atoms with van der Waals surface area (Å²) in [6.07, 6.45) is 4.55. The first-order valence-electron chi connectivity index (χ1n) is 8.79. The average Bonchev–Trinajstić information content (AvgIpc) is 3.08. The number of phenols is 2. The molecule has 0 saturated carbocycles. The summed E-state index contributed by atoms with van der Waals surface area (Å²) in [7, 11) is 0. The number of hydrogen-bond donors (Lipinski definition) is 5. The van der Waals surface area contributed by atoms with Crippen molar-refractivity contribution in [2.45, 2.75) is 44.3 Å². The Morgan fingerprint density at radius 3 is 2.73 bits per heavy atom. The van der Waals surface area contributed by atoms with E-state index in [0.717, 1.165) is 0 Å². The van der Waals surface area contributed by atoms with Crippen LogP contribution in [0.5, 0.6) is 11.5 Å². The molecule has 0 saturated heterocycles. The maximum absolute atomic E-state index is 12.4. The molecule has 3 unspecified atom stereocenters. The van der Waals surface area contributed by atoms with Gasteiger partial charge in [0.1, 0.15) is 17.1 Å². The van der Waals surface area contributed by atoms with Crippen LogP contribution in [0.2, 0.25) is 0 Å². The first kappa shape index (κ1) is 20.1. The van der Waals surface area contributed by atoms with E-state index in [1.54, 1.807) is 12.3 Å². The maximum Gasteiger partial charge on any atom is 0.223 e. The number of phenolic OH excluding ortho intramolecular Hbond substituents is 2. The highest BCUT2D eigenvalue weighted by Gasteiger charge is 2.38. The van der Waals surface area contributed by atoms with E-state index in [4.69, 9.17) is 9.84 Å². The SMILES string of the molecule is CCC(CC1(Cc2ccc(O)cc2O)CC=CO1)C(=O)NCC(O)CO. The number of nitrogens with one attached hydrogen (secondary N) is 1.